The second-order valence-electron chi connectivity index (χ2n) is 5.61. The minimum atomic E-state index is -0.212. The lowest BCUT2D eigenvalue weighted by Gasteiger charge is -2.39. The van der Waals surface area contributed by atoms with Gasteiger partial charge in [0.2, 0.25) is 0 Å². The van der Waals surface area contributed by atoms with Crippen molar-refractivity contribution in [3.63, 3.8) is 0 Å². The molecule has 1 fully saturated rings. The predicted molar refractivity (Wildman–Crippen MR) is 82.3 cm³/mol. The van der Waals surface area contributed by atoms with E-state index in [-0.39, 0.29) is 5.82 Å². The minimum absolute atomic E-state index is 0.212. The summed E-state index contributed by atoms with van der Waals surface area (Å²) < 4.78 is 14.0. The molecule has 0 heterocycles. The fraction of sp³-hybridized carbons (Fsp3) is 0.625. The van der Waals surface area contributed by atoms with E-state index in [1.807, 2.05) is 0 Å². The van der Waals surface area contributed by atoms with E-state index < -0.39 is 0 Å². The Morgan fingerprint density at radius 1 is 1.35 bits per heavy atom. The van der Waals surface area contributed by atoms with Crippen molar-refractivity contribution < 1.29 is 4.39 Å². The molecule has 20 heavy (non-hydrogen) atoms. The van der Waals surface area contributed by atoms with Gasteiger partial charge in [-0.3, -0.25) is 4.90 Å². The Labute approximate surface area is 126 Å². The Morgan fingerprint density at radius 3 is 2.75 bits per heavy atom. The van der Waals surface area contributed by atoms with Crippen LogP contribution in [0.5, 0.6) is 0 Å². The maximum Gasteiger partial charge on any atom is 0.129 e. The summed E-state index contributed by atoms with van der Waals surface area (Å²) >= 11 is 6.15. The zero-order valence-corrected chi connectivity index (χ0v) is 12.9. The highest BCUT2D eigenvalue weighted by atomic mass is 35.5. The van der Waals surface area contributed by atoms with Crippen molar-refractivity contribution in [1.29, 1.82) is 0 Å². The molecule has 0 spiro atoms. The molecule has 1 aliphatic carbocycles. The smallest absolute Gasteiger partial charge is 0.129 e. The first-order valence-corrected chi connectivity index (χ1v) is 7.92. The van der Waals surface area contributed by atoms with Crippen molar-refractivity contribution in [3.05, 3.63) is 34.6 Å². The average molecular weight is 299 g/mol. The van der Waals surface area contributed by atoms with Crippen molar-refractivity contribution in [1.82, 2.24) is 4.90 Å². The van der Waals surface area contributed by atoms with Crippen molar-refractivity contribution in [3.8, 4) is 0 Å². The Kier molecular flexibility index (Phi) is 5.82. The summed E-state index contributed by atoms with van der Waals surface area (Å²) in [5, 5.41) is 0.517. The van der Waals surface area contributed by atoms with Crippen LogP contribution in [0.25, 0.3) is 0 Å². The number of hydrogen-bond acceptors (Lipinski definition) is 2. The summed E-state index contributed by atoms with van der Waals surface area (Å²) in [5.41, 5.74) is 6.52. The van der Waals surface area contributed by atoms with E-state index in [2.05, 4.69) is 11.8 Å². The number of nitrogens with two attached hydrogens (primary N) is 1. The van der Waals surface area contributed by atoms with Crippen molar-refractivity contribution in [2.75, 3.05) is 13.1 Å². The summed E-state index contributed by atoms with van der Waals surface area (Å²) in [7, 11) is 0. The molecular weight excluding hydrogens is 275 g/mol. The molecule has 2 rings (SSSR count). The molecule has 0 amide bonds. The first-order chi connectivity index (χ1) is 9.67. The molecule has 112 valence electrons. The molecule has 2 N–H and O–H groups in total. The van der Waals surface area contributed by atoms with Crippen LogP contribution in [0.3, 0.4) is 0 Å². The minimum Gasteiger partial charge on any atom is -0.330 e. The van der Waals surface area contributed by atoms with Crippen LogP contribution in [0.2, 0.25) is 5.02 Å². The molecule has 2 nitrogen and oxygen atoms in total. The summed E-state index contributed by atoms with van der Waals surface area (Å²) in [6.45, 7) is 4.30. The standard InChI is InChI=1S/C16H24ClFN2/c1-2-20(16-9-4-3-6-12(16)10-19)11-13-14(17)7-5-8-15(13)18/h5,7-8,12,16H,2-4,6,9-11,19H2,1H3. The fourth-order valence-corrected chi connectivity index (χ4v) is 3.52. The Balaban J connectivity index is 2.15. The molecule has 4 heteroatoms. The molecule has 1 aromatic carbocycles. The predicted octanol–water partition coefficient (Wildman–Crippen LogP) is 3.82. The summed E-state index contributed by atoms with van der Waals surface area (Å²) in [4.78, 5) is 2.33. The van der Waals surface area contributed by atoms with Gasteiger partial charge in [-0.1, -0.05) is 37.4 Å². The van der Waals surface area contributed by atoms with Crippen LogP contribution in [-0.4, -0.2) is 24.0 Å². The molecule has 1 saturated carbocycles. The van der Waals surface area contributed by atoms with E-state index in [0.29, 0.717) is 35.6 Å². The second-order valence-corrected chi connectivity index (χ2v) is 6.02. The number of rotatable bonds is 5. The number of benzene rings is 1. The van der Waals surface area contributed by atoms with Gasteiger partial charge in [0.15, 0.2) is 0 Å². The van der Waals surface area contributed by atoms with Gasteiger partial charge in [-0.2, -0.15) is 0 Å². The molecule has 1 aliphatic rings. The van der Waals surface area contributed by atoms with Gasteiger partial charge in [-0.15, -0.1) is 0 Å². The third-order valence-electron chi connectivity index (χ3n) is 4.47. The normalized spacial score (nSPS) is 23.2. The first kappa shape index (κ1) is 15.7. The van der Waals surface area contributed by atoms with Crippen LogP contribution in [0.15, 0.2) is 18.2 Å². The zero-order chi connectivity index (χ0) is 14.5. The third kappa shape index (κ3) is 3.51. The lowest BCUT2D eigenvalue weighted by Crippen LogP contribution is -2.44. The van der Waals surface area contributed by atoms with Gasteiger partial charge in [0.1, 0.15) is 5.82 Å². The second kappa shape index (κ2) is 7.39. The molecule has 0 aromatic heterocycles. The topological polar surface area (TPSA) is 29.3 Å². The van der Waals surface area contributed by atoms with Gasteiger partial charge >= 0.3 is 0 Å². The number of nitrogens with zero attached hydrogens (tertiary/aromatic N) is 1. The summed E-state index contributed by atoms with van der Waals surface area (Å²) in [5.74, 6) is 0.310. The van der Waals surface area contributed by atoms with E-state index in [1.165, 1.54) is 25.3 Å². The third-order valence-corrected chi connectivity index (χ3v) is 4.82. The number of hydrogen-bond donors (Lipinski definition) is 1. The van der Waals surface area contributed by atoms with Crippen LogP contribution in [0.4, 0.5) is 4.39 Å². The van der Waals surface area contributed by atoms with Crippen molar-refractivity contribution in [2.45, 2.75) is 45.2 Å². The Bertz CT molecular complexity index is 418. The van der Waals surface area contributed by atoms with Crippen molar-refractivity contribution >= 4 is 11.6 Å². The molecule has 2 unspecified atom stereocenters. The molecule has 0 saturated heterocycles. The van der Waals surface area contributed by atoms with Crippen LogP contribution >= 0.6 is 11.6 Å². The molecule has 0 aliphatic heterocycles. The largest absolute Gasteiger partial charge is 0.330 e. The monoisotopic (exact) mass is 298 g/mol. The van der Waals surface area contributed by atoms with E-state index in [4.69, 9.17) is 17.3 Å². The Hall–Kier alpha value is -0.640. The lowest BCUT2D eigenvalue weighted by atomic mass is 9.83. The SMILES string of the molecule is CCN(Cc1c(F)cccc1Cl)C1CCCCC1CN. The van der Waals surface area contributed by atoms with E-state index >= 15 is 0 Å². The fourth-order valence-electron chi connectivity index (χ4n) is 3.29. The summed E-state index contributed by atoms with van der Waals surface area (Å²) in [6, 6.07) is 5.35. The van der Waals surface area contributed by atoms with E-state index in [1.54, 1.807) is 12.1 Å². The molecule has 1 aromatic rings. The summed E-state index contributed by atoms with van der Waals surface area (Å²) in [6.07, 6.45) is 4.84. The highest BCUT2D eigenvalue weighted by molar-refractivity contribution is 6.31. The molecule has 2 atom stereocenters. The van der Waals surface area contributed by atoms with Gasteiger partial charge < -0.3 is 5.73 Å². The molecule has 0 bridgehead atoms. The highest BCUT2D eigenvalue weighted by Gasteiger charge is 2.29. The maximum absolute atomic E-state index is 14.0. The number of halogens is 2. The maximum atomic E-state index is 14.0. The van der Waals surface area contributed by atoms with Gasteiger partial charge in [-0.25, -0.2) is 4.39 Å². The molecule has 0 radical (unpaired) electrons. The van der Waals surface area contributed by atoms with Gasteiger partial charge in [0.25, 0.3) is 0 Å². The van der Waals surface area contributed by atoms with Crippen LogP contribution in [0, 0.1) is 11.7 Å². The van der Waals surface area contributed by atoms with E-state index in [9.17, 15) is 4.39 Å². The first-order valence-electron chi connectivity index (χ1n) is 7.54. The van der Waals surface area contributed by atoms with Crippen molar-refractivity contribution in [2.24, 2.45) is 11.7 Å². The van der Waals surface area contributed by atoms with Crippen LogP contribution in [-0.2, 0) is 6.54 Å². The van der Waals surface area contributed by atoms with Gasteiger partial charge in [-0.05, 0) is 44.0 Å². The lowest BCUT2D eigenvalue weighted by molar-refractivity contribution is 0.104. The van der Waals surface area contributed by atoms with Crippen LogP contribution < -0.4 is 5.73 Å². The average Bonchev–Trinajstić information content (AvgIpc) is 2.47. The highest BCUT2D eigenvalue weighted by Crippen LogP contribution is 2.30. The quantitative estimate of drug-likeness (QED) is 0.895. The zero-order valence-electron chi connectivity index (χ0n) is 12.1. The van der Waals surface area contributed by atoms with Gasteiger partial charge in [0, 0.05) is 23.2 Å². The Morgan fingerprint density at radius 2 is 2.10 bits per heavy atom. The molecular formula is C16H24ClFN2. The van der Waals surface area contributed by atoms with Gasteiger partial charge in [0.05, 0.1) is 0 Å². The van der Waals surface area contributed by atoms with Crippen LogP contribution in [0.1, 0.15) is 38.2 Å². The van der Waals surface area contributed by atoms with E-state index in [0.717, 1.165) is 13.0 Å².